The summed E-state index contributed by atoms with van der Waals surface area (Å²) in [7, 11) is 0. The van der Waals surface area contributed by atoms with Crippen LogP contribution in [0.1, 0.15) is 17.5 Å². The van der Waals surface area contributed by atoms with Crippen LogP contribution in [0.15, 0.2) is 66.7 Å². The Balaban J connectivity index is 1.35. The van der Waals surface area contributed by atoms with Gasteiger partial charge in [-0.1, -0.05) is 60.7 Å². The van der Waals surface area contributed by atoms with Crippen molar-refractivity contribution in [2.45, 2.75) is 24.9 Å². The Morgan fingerprint density at radius 3 is 2.76 bits per heavy atom. The number of ether oxygens (including phenoxy) is 2. The molecule has 2 N–H and O–H groups in total. The van der Waals surface area contributed by atoms with Gasteiger partial charge < -0.3 is 20.1 Å². The fourth-order valence-corrected chi connectivity index (χ4v) is 4.38. The largest absolute Gasteiger partial charge is 0.491 e. The van der Waals surface area contributed by atoms with Crippen LogP contribution in [0.4, 0.5) is 0 Å². The van der Waals surface area contributed by atoms with Crippen LogP contribution in [0.3, 0.4) is 0 Å². The lowest BCUT2D eigenvalue weighted by Crippen LogP contribution is -2.61. The molecule has 0 aromatic heterocycles. The van der Waals surface area contributed by atoms with Crippen molar-refractivity contribution in [1.82, 2.24) is 15.5 Å². The molecule has 0 saturated carbocycles. The molecule has 7 heteroatoms. The third-order valence-electron chi connectivity index (χ3n) is 6.19. The normalized spacial score (nSPS) is 22.4. The van der Waals surface area contributed by atoms with Crippen molar-refractivity contribution < 1.29 is 19.1 Å². The molecule has 1 saturated heterocycles. The van der Waals surface area contributed by atoms with Gasteiger partial charge in [0.1, 0.15) is 12.4 Å². The number of hydrogen-bond acceptors (Lipinski definition) is 5. The van der Waals surface area contributed by atoms with Crippen molar-refractivity contribution in [3.63, 3.8) is 0 Å². The van der Waals surface area contributed by atoms with Gasteiger partial charge in [-0.25, -0.2) is 0 Å². The van der Waals surface area contributed by atoms with E-state index in [4.69, 9.17) is 9.47 Å². The number of allylic oxidation sites excluding steroid dienone is 1. The molecule has 0 radical (unpaired) electrons. The Hall–Kier alpha value is -3.16. The highest BCUT2D eigenvalue weighted by Gasteiger charge is 2.43. The van der Waals surface area contributed by atoms with Gasteiger partial charge in [-0.15, -0.1) is 0 Å². The van der Waals surface area contributed by atoms with Crippen LogP contribution in [0.2, 0.25) is 0 Å². The van der Waals surface area contributed by atoms with E-state index in [1.165, 1.54) is 5.56 Å². The highest BCUT2D eigenvalue weighted by molar-refractivity contribution is 5.86. The smallest absolute Gasteiger partial charge is 0.254 e. The Labute approximate surface area is 201 Å². The van der Waals surface area contributed by atoms with E-state index < -0.39 is 5.60 Å². The summed E-state index contributed by atoms with van der Waals surface area (Å²) < 4.78 is 11.9. The fraction of sp³-hybridized carbons (Fsp3) is 0.407. The number of benzene rings is 2. The average molecular weight is 464 g/mol. The van der Waals surface area contributed by atoms with E-state index in [0.717, 1.165) is 24.2 Å². The Kier molecular flexibility index (Phi) is 8.33. The number of para-hydroxylation sites is 1. The zero-order valence-corrected chi connectivity index (χ0v) is 19.5. The molecule has 1 spiro atoms. The van der Waals surface area contributed by atoms with E-state index in [0.29, 0.717) is 45.8 Å². The van der Waals surface area contributed by atoms with Crippen molar-refractivity contribution >= 4 is 11.8 Å². The molecule has 1 atom stereocenters. The molecule has 2 aromatic rings. The second kappa shape index (κ2) is 11.8. The van der Waals surface area contributed by atoms with Crippen molar-refractivity contribution in [3.05, 3.63) is 77.9 Å². The van der Waals surface area contributed by atoms with E-state index in [1.807, 2.05) is 47.4 Å². The molecule has 0 aliphatic carbocycles. The zero-order valence-electron chi connectivity index (χ0n) is 19.5. The van der Waals surface area contributed by atoms with Crippen LogP contribution in [0.5, 0.6) is 5.75 Å². The lowest BCUT2D eigenvalue weighted by molar-refractivity contribution is -0.161. The maximum Gasteiger partial charge on any atom is 0.254 e. The number of nitrogens with zero attached hydrogens (tertiary/aromatic N) is 1. The Morgan fingerprint density at radius 1 is 1.06 bits per heavy atom. The summed E-state index contributed by atoms with van der Waals surface area (Å²) in [4.78, 5) is 27.7. The number of carbonyl (C=O) groups excluding carboxylic acids is 2. The first kappa shape index (κ1) is 24.0. The first-order valence-corrected chi connectivity index (χ1v) is 12.0. The Morgan fingerprint density at radius 2 is 1.88 bits per heavy atom. The topological polar surface area (TPSA) is 79.9 Å². The number of fused-ring (bicyclic) bond motifs is 1. The van der Waals surface area contributed by atoms with Gasteiger partial charge in [0.2, 0.25) is 5.91 Å². The fourth-order valence-electron chi connectivity index (χ4n) is 4.38. The Bertz CT molecular complexity index is 994. The maximum absolute atomic E-state index is 13.2. The predicted molar refractivity (Wildman–Crippen MR) is 131 cm³/mol. The lowest BCUT2D eigenvalue weighted by Gasteiger charge is -2.41. The van der Waals surface area contributed by atoms with Gasteiger partial charge in [-0.3, -0.25) is 14.5 Å². The molecule has 180 valence electrons. The lowest BCUT2D eigenvalue weighted by atomic mass is 9.94. The first-order valence-electron chi connectivity index (χ1n) is 12.0. The maximum atomic E-state index is 13.2. The van der Waals surface area contributed by atoms with E-state index in [-0.39, 0.29) is 18.4 Å². The van der Waals surface area contributed by atoms with E-state index in [2.05, 4.69) is 34.9 Å². The van der Waals surface area contributed by atoms with E-state index >= 15 is 0 Å². The highest BCUT2D eigenvalue weighted by Crippen LogP contribution is 2.25. The van der Waals surface area contributed by atoms with Crippen molar-refractivity contribution in [2.75, 3.05) is 45.9 Å². The monoisotopic (exact) mass is 463 g/mol. The van der Waals surface area contributed by atoms with Gasteiger partial charge in [0.25, 0.3) is 5.91 Å². The van der Waals surface area contributed by atoms with Gasteiger partial charge in [0.05, 0.1) is 19.7 Å². The van der Waals surface area contributed by atoms with Gasteiger partial charge in [-0.05, 0) is 30.0 Å². The number of rotatable bonds is 5. The van der Waals surface area contributed by atoms with E-state index in [9.17, 15) is 9.59 Å². The summed E-state index contributed by atoms with van der Waals surface area (Å²) in [6, 6.07) is 18.0. The first-order chi connectivity index (χ1) is 16.6. The van der Waals surface area contributed by atoms with Crippen LogP contribution in [0.25, 0.3) is 0 Å². The summed E-state index contributed by atoms with van der Waals surface area (Å²) in [5.41, 5.74) is 1.28. The van der Waals surface area contributed by atoms with Crippen LogP contribution < -0.4 is 15.4 Å². The molecule has 4 rings (SSSR count). The molecular weight excluding hydrogens is 430 g/mol. The van der Waals surface area contributed by atoms with Gasteiger partial charge >= 0.3 is 0 Å². The third-order valence-corrected chi connectivity index (χ3v) is 6.19. The molecule has 2 amide bonds. The number of hydrogen-bond donors (Lipinski definition) is 2. The molecule has 2 aliphatic rings. The zero-order chi connectivity index (χ0) is 23.6. The number of amides is 2. The predicted octanol–water partition coefficient (Wildman–Crippen LogP) is 2.11. The minimum absolute atomic E-state index is 0.0397. The second-order valence-electron chi connectivity index (χ2n) is 8.73. The molecule has 2 aliphatic heterocycles. The number of morpholine rings is 1. The SMILES string of the molecule is O=C(CN1CCOC2(C/C=C/Cc3ccccc3OCCNC2=O)C1)NCCc1ccccc1. The van der Waals surface area contributed by atoms with Crippen molar-refractivity contribution in [1.29, 1.82) is 0 Å². The van der Waals surface area contributed by atoms with E-state index in [1.54, 1.807) is 0 Å². The van der Waals surface area contributed by atoms with Gasteiger partial charge in [0.15, 0.2) is 5.60 Å². The second-order valence-corrected chi connectivity index (χ2v) is 8.73. The molecule has 2 heterocycles. The number of carbonyl (C=O) groups is 2. The third kappa shape index (κ3) is 6.46. The quantitative estimate of drug-likeness (QED) is 0.664. The molecule has 0 bridgehead atoms. The summed E-state index contributed by atoms with van der Waals surface area (Å²) >= 11 is 0. The van der Waals surface area contributed by atoms with Crippen LogP contribution in [-0.4, -0.2) is 68.3 Å². The van der Waals surface area contributed by atoms with Crippen LogP contribution >= 0.6 is 0 Å². The summed E-state index contributed by atoms with van der Waals surface area (Å²) in [6.45, 7) is 2.99. The summed E-state index contributed by atoms with van der Waals surface area (Å²) in [6.07, 6.45) is 6.02. The van der Waals surface area contributed by atoms with Crippen LogP contribution in [0, 0.1) is 0 Å². The average Bonchev–Trinajstić information content (AvgIpc) is 2.85. The number of nitrogens with one attached hydrogen (secondary N) is 2. The molecule has 34 heavy (non-hydrogen) atoms. The summed E-state index contributed by atoms with van der Waals surface area (Å²) in [5.74, 6) is 0.640. The molecular formula is C27H33N3O4. The van der Waals surface area contributed by atoms with Crippen molar-refractivity contribution in [3.8, 4) is 5.75 Å². The van der Waals surface area contributed by atoms with Gasteiger partial charge in [0, 0.05) is 26.1 Å². The standard InChI is InChI=1S/C27H33N3O4/c31-25(28-15-13-22-8-2-1-3-9-22)20-30-17-19-34-27(21-30)14-7-6-11-23-10-4-5-12-24(23)33-18-16-29-26(27)32/h1-10,12H,11,13-21H2,(H,28,31)(H,29,32)/b7-6+. The molecule has 1 fully saturated rings. The molecule has 7 nitrogen and oxygen atoms in total. The van der Waals surface area contributed by atoms with Crippen molar-refractivity contribution in [2.24, 2.45) is 0 Å². The van der Waals surface area contributed by atoms with Gasteiger partial charge in [-0.2, -0.15) is 0 Å². The van der Waals surface area contributed by atoms with Crippen LogP contribution in [-0.2, 0) is 27.2 Å². The molecule has 2 aromatic carbocycles. The highest BCUT2D eigenvalue weighted by atomic mass is 16.5. The molecule has 1 unspecified atom stereocenters. The minimum atomic E-state index is -1.02. The minimum Gasteiger partial charge on any atom is -0.491 e. The summed E-state index contributed by atoms with van der Waals surface area (Å²) in [5, 5.41) is 5.96.